The standard InChI is InChI=1S/C26H25F3N6O/c27-26(28,29)22-6-5-7-23(31-22)32-25(36)24-20-13-18(8-9-21(20)33-34-24)19-12-17(14-30-15-19)16-35-10-3-1-2-4-11-35/h5-9,12-15H,1-4,10-11,16H2,(H,33,34)(H,31,32,36). The summed E-state index contributed by atoms with van der Waals surface area (Å²) in [6.45, 7) is 3.02. The first-order valence-electron chi connectivity index (χ1n) is 11.9. The van der Waals surface area contributed by atoms with Crippen molar-refractivity contribution in [2.24, 2.45) is 0 Å². The number of hydrogen-bond acceptors (Lipinski definition) is 5. The normalized spacial score (nSPS) is 15.1. The summed E-state index contributed by atoms with van der Waals surface area (Å²) in [5.41, 5.74) is 2.52. The summed E-state index contributed by atoms with van der Waals surface area (Å²) in [4.78, 5) is 23.2. The molecule has 0 bridgehead atoms. The largest absolute Gasteiger partial charge is 0.433 e. The molecule has 0 saturated carbocycles. The van der Waals surface area contributed by atoms with Crippen LogP contribution in [0.5, 0.6) is 0 Å². The maximum Gasteiger partial charge on any atom is 0.433 e. The second-order valence-electron chi connectivity index (χ2n) is 8.96. The van der Waals surface area contributed by atoms with E-state index in [2.05, 4.69) is 36.4 Å². The van der Waals surface area contributed by atoms with Crippen LogP contribution >= 0.6 is 0 Å². The van der Waals surface area contributed by atoms with E-state index in [1.165, 1.54) is 37.8 Å². The lowest BCUT2D eigenvalue weighted by Crippen LogP contribution is -2.24. The van der Waals surface area contributed by atoms with Crippen molar-refractivity contribution in [3.8, 4) is 11.1 Å². The summed E-state index contributed by atoms with van der Waals surface area (Å²) in [5, 5.41) is 9.87. The lowest BCUT2D eigenvalue weighted by atomic mass is 10.0. The zero-order chi connectivity index (χ0) is 25.1. The topological polar surface area (TPSA) is 86.8 Å². The van der Waals surface area contributed by atoms with Crippen LogP contribution in [0.15, 0.2) is 54.9 Å². The number of halogens is 3. The molecule has 1 amide bonds. The molecule has 4 heterocycles. The number of pyridine rings is 2. The third-order valence-corrected chi connectivity index (χ3v) is 6.29. The van der Waals surface area contributed by atoms with Crippen LogP contribution in [-0.4, -0.2) is 44.1 Å². The molecule has 0 radical (unpaired) electrons. The lowest BCUT2D eigenvalue weighted by Gasteiger charge is -2.19. The summed E-state index contributed by atoms with van der Waals surface area (Å²) < 4.78 is 38.9. The zero-order valence-corrected chi connectivity index (χ0v) is 19.5. The fourth-order valence-corrected chi connectivity index (χ4v) is 4.49. The molecule has 1 aliphatic heterocycles. The van der Waals surface area contributed by atoms with Gasteiger partial charge in [0.2, 0.25) is 0 Å². The minimum atomic E-state index is -4.61. The monoisotopic (exact) mass is 494 g/mol. The quantitative estimate of drug-likeness (QED) is 0.374. The number of nitrogens with zero attached hydrogens (tertiary/aromatic N) is 4. The Hall–Kier alpha value is -3.79. The third-order valence-electron chi connectivity index (χ3n) is 6.29. The molecule has 2 N–H and O–H groups in total. The highest BCUT2D eigenvalue weighted by molar-refractivity contribution is 6.11. The molecule has 4 aromatic rings. The summed E-state index contributed by atoms with van der Waals surface area (Å²) in [5.74, 6) is -0.856. The van der Waals surface area contributed by atoms with Crippen molar-refractivity contribution in [3.63, 3.8) is 0 Å². The van der Waals surface area contributed by atoms with Crippen LogP contribution in [-0.2, 0) is 12.7 Å². The second kappa shape index (κ2) is 10.1. The summed E-state index contributed by atoms with van der Waals surface area (Å²) in [6.07, 6.45) is 4.03. The molecule has 10 heteroatoms. The molecule has 0 aliphatic carbocycles. The summed E-state index contributed by atoms with van der Waals surface area (Å²) in [6, 6.07) is 11.0. The van der Waals surface area contributed by atoms with Crippen LogP contribution in [0.1, 0.15) is 47.4 Å². The number of benzene rings is 1. The van der Waals surface area contributed by atoms with Crippen molar-refractivity contribution in [3.05, 3.63) is 71.8 Å². The van der Waals surface area contributed by atoms with Crippen LogP contribution < -0.4 is 5.32 Å². The van der Waals surface area contributed by atoms with Gasteiger partial charge in [-0.1, -0.05) is 25.0 Å². The average Bonchev–Trinajstić information content (AvgIpc) is 3.12. The number of rotatable bonds is 5. The van der Waals surface area contributed by atoms with Crippen LogP contribution in [0.3, 0.4) is 0 Å². The third kappa shape index (κ3) is 5.38. The number of aromatic nitrogens is 4. The number of hydrogen-bond donors (Lipinski definition) is 2. The molecule has 3 aromatic heterocycles. The van der Waals surface area contributed by atoms with Crippen LogP contribution in [0.4, 0.5) is 19.0 Å². The highest BCUT2D eigenvalue weighted by Crippen LogP contribution is 2.29. The van der Waals surface area contributed by atoms with Gasteiger partial charge in [-0.05, 0) is 67.4 Å². The smallest absolute Gasteiger partial charge is 0.305 e. The van der Waals surface area contributed by atoms with E-state index in [4.69, 9.17) is 0 Å². The van der Waals surface area contributed by atoms with Gasteiger partial charge in [-0.15, -0.1) is 0 Å². The Balaban J connectivity index is 1.38. The van der Waals surface area contributed by atoms with Crippen molar-refractivity contribution in [1.82, 2.24) is 25.1 Å². The number of fused-ring (bicyclic) bond motifs is 1. The molecule has 7 nitrogen and oxygen atoms in total. The maximum absolute atomic E-state index is 13.0. The van der Waals surface area contributed by atoms with Gasteiger partial charge in [0.25, 0.3) is 5.91 Å². The molecule has 1 aromatic carbocycles. The van der Waals surface area contributed by atoms with E-state index >= 15 is 0 Å². The van der Waals surface area contributed by atoms with E-state index < -0.39 is 17.8 Å². The Morgan fingerprint density at radius 1 is 1.00 bits per heavy atom. The van der Waals surface area contributed by atoms with Gasteiger partial charge in [0.1, 0.15) is 11.5 Å². The van der Waals surface area contributed by atoms with Gasteiger partial charge in [0, 0.05) is 29.9 Å². The van der Waals surface area contributed by atoms with Gasteiger partial charge in [-0.25, -0.2) is 4.98 Å². The molecular formula is C26H25F3N6O. The Morgan fingerprint density at radius 3 is 2.58 bits per heavy atom. The minimum Gasteiger partial charge on any atom is -0.305 e. The number of aromatic amines is 1. The predicted molar refractivity (Wildman–Crippen MR) is 130 cm³/mol. The number of amides is 1. The number of H-pyrrole nitrogens is 1. The summed E-state index contributed by atoms with van der Waals surface area (Å²) >= 11 is 0. The number of alkyl halides is 3. The molecule has 1 saturated heterocycles. The van der Waals surface area contributed by atoms with Gasteiger partial charge in [-0.3, -0.25) is 19.8 Å². The van der Waals surface area contributed by atoms with E-state index in [0.717, 1.165) is 42.4 Å². The molecule has 1 fully saturated rings. The highest BCUT2D eigenvalue weighted by atomic mass is 19.4. The number of carbonyl (C=O) groups excluding carboxylic acids is 1. The Bertz CT molecular complexity index is 1380. The number of anilines is 1. The van der Waals surface area contributed by atoms with Crippen molar-refractivity contribution in [2.75, 3.05) is 18.4 Å². The van der Waals surface area contributed by atoms with Crippen molar-refractivity contribution >= 4 is 22.6 Å². The highest BCUT2D eigenvalue weighted by Gasteiger charge is 2.32. The van der Waals surface area contributed by atoms with Crippen LogP contribution in [0.25, 0.3) is 22.0 Å². The molecule has 36 heavy (non-hydrogen) atoms. The van der Waals surface area contributed by atoms with Gasteiger partial charge in [-0.2, -0.15) is 18.3 Å². The molecule has 0 spiro atoms. The fraction of sp³-hybridized carbons (Fsp3) is 0.308. The first-order chi connectivity index (χ1) is 17.4. The molecule has 0 unspecified atom stereocenters. The van der Waals surface area contributed by atoms with Gasteiger partial charge in [0.05, 0.1) is 5.52 Å². The number of nitrogens with one attached hydrogen (secondary N) is 2. The summed E-state index contributed by atoms with van der Waals surface area (Å²) in [7, 11) is 0. The zero-order valence-electron chi connectivity index (χ0n) is 19.5. The van der Waals surface area contributed by atoms with E-state index in [1.807, 2.05) is 24.4 Å². The van der Waals surface area contributed by atoms with E-state index in [9.17, 15) is 18.0 Å². The SMILES string of the molecule is O=C(Nc1cccc(C(F)(F)F)n1)c1n[nH]c2ccc(-c3cncc(CN4CCCCCC4)c3)cc12. The van der Waals surface area contributed by atoms with Crippen LogP contribution in [0, 0.1) is 0 Å². The second-order valence-corrected chi connectivity index (χ2v) is 8.96. The molecule has 1 aliphatic rings. The van der Waals surface area contributed by atoms with Crippen molar-refractivity contribution in [2.45, 2.75) is 38.4 Å². The van der Waals surface area contributed by atoms with E-state index in [0.29, 0.717) is 10.9 Å². The molecule has 0 atom stereocenters. The molecule has 5 rings (SSSR count). The Kier molecular flexibility index (Phi) is 6.69. The fourth-order valence-electron chi connectivity index (χ4n) is 4.49. The first kappa shape index (κ1) is 23.9. The van der Waals surface area contributed by atoms with Gasteiger partial charge >= 0.3 is 6.18 Å². The van der Waals surface area contributed by atoms with Crippen LogP contribution in [0.2, 0.25) is 0 Å². The lowest BCUT2D eigenvalue weighted by molar-refractivity contribution is -0.141. The minimum absolute atomic E-state index is 0.0692. The molecular weight excluding hydrogens is 469 g/mol. The van der Waals surface area contributed by atoms with Gasteiger partial charge in [0.15, 0.2) is 5.69 Å². The maximum atomic E-state index is 13.0. The first-order valence-corrected chi connectivity index (χ1v) is 11.9. The Morgan fingerprint density at radius 2 is 1.81 bits per heavy atom. The van der Waals surface area contributed by atoms with Crippen molar-refractivity contribution < 1.29 is 18.0 Å². The Labute approximate surface area is 205 Å². The molecule has 186 valence electrons. The van der Waals surface area contributed by atoms with Gasteiger partial charge < -0.3 is 5.32 Å². The van der Waals surface area contributed by atoms with E-state index in [1.54, 1.807) is 6.20 Å². The number of likely N-dealkylation sites (tertiary alicyclic amines) is 1. The van der Waals surface area contributed by atoms with Crippen molar-refractivity contribution in [1.29, 1.82) is 0 Å². The average molecular weight is 495 g/mol. The predicted octanol–water partition coefficient (Wildman–Crippen LogP) is 5.67. The van der Waals surface area contributed by atoms with E-state index in [-0.39, 0.29) is 11.5 Å². The number of carbonyl (C=O) groups is 1.